The molecule has 7 nitrogen and oxygen atoms in total. The Morgan fingerprint density at radius 1 is 1.22 bits per heavy atom. The smallest absolute Gasteiger partial charge is 0.238 e. The highest BCUT2D eigenvalue weighted by atomic mass is 32.2. The molecule has 0 saturated heterocycles. The van der Waals surface area contributed by atoms with Crippen LogP contribution in [0, 0.1) is 0 Å². The zero-order valence-corrected chi connectivity index (χ0v) is 16.5. The van der Waals surface area contributed by atoms with Crippen molar-refractivity contribution >= 4 is 21.6 Å². The van der Waals surface area contributed by atoms with Gasteiger partial charge in [-0.1, -0.05) is 19.1 Å². The van der Waals surface area contributed by atoms with E-state index in [9.17, 15) is 13.2 Å². The number of carbonyl (C=O) groups excluding carboxylic acids is 1. The normalized spacial score (nSPS) is 12.6. The molecule has 2 aromatic carbocycles. The summed E-state index contributed by atoms with van der Waals surface area (Å²) in [6.07, 6.45) is 0. The van der Waals surface area contributed by atoms with Gasteiger partial charge in [0.05, 0.1) is 18.6 Å². The molecule has 0 saturated carbocycles. The maximum atomic E-state index is 12.4. The van der Waals surface area contributed by atoms with E-state index in [0.29, 0.717) is 12.2 Å². The Morgan fingerprint density at radius 2 is 1.89 bits per heavy atom. The second-order valence-electron chi connectivity index (χ2n) is 6.13. The summed E-state index contributed by atoms with van der Waals surface area (Å²) in [6, 6.07) is 13.5. The first-order valence-electron chi connectivity index (χ1n) is 8.55. The molecule has 0 heterocycles. The fourth-order valence-corrected chi connectivity index (χ4v) is 3.26. The van der Waals surface area contributed by atoms with Crippen molar-refractivity contribution in [2.75, 3.05) is 25.5 Å². The van der Waals surface area contributed by atoms with E-state index in [2.05, 4.69) is 5.32 Å². The monoisotopic (exact) mass is 391 g/mol. The molecule has 0 aliphatic heterocycles. The molecule has 27 heavy (non-hydrogen) atoms. The summed E-state index contributed by atoms with van der Waals surface area (Å²) in [7, 11) is -2.13. The largest absolute Gasteiger partial charge is 0.497 e. The van der Waals surface area contributed by atoms with Crippen molar-refractivity contribution in [1.82, 2.24) is 4.90 Å². The van der Waals surface area contributed by atoms with E-state index < -0.39 is 10.0 Å². The van der Waals surface area contributed by atoms with Crippen LogP contribution in [-0.4, -0.2) is 39.4 Å². The number of rotatable bonds is 8. The standard InChI is InChI=1S/C19H25N3O4S/c1-4-22(14(2)15-6-5-7-17(12-15)26-3)13-19(23)21-16-8-10-18(11-9-16)27(20,24)25/h5-12,14H,4,13H2,1-3H3,(H,21,23)(H2,20,24,25). The highest BCUT2D eigenvalue weighted by Gasteiger charge is 2.18. The number of hydrogen-bond donors (Lipinski definition) is 2. The molecule has 3 N–H and O–H groups in total. The molecular formula is C19H25N3O4S. The van der Waals surface area contributed by atoms with Gasteiger partial charge in [-0.05, 0) is 55.4 Å². The molecule has 8 heteroatoms. The van der Waals surface area contributed by atoms with Gasteiger partial charge in [0, 0.05) is 11.7 Å². The van der Waals surface area contributed by atoms with Crippen LogP contribution in [-0.2, 0) is 14.8 Å². The molecular weight excluding hydrogens is 366 g/mol. The molecule has 146 valence electrons. The van der Waals surface area contributed by atoms with Crippen molar-refractivity contribution in [1.29, 1.82) is 0 Å². The Hall–Kier alpha value is -2.42. The fraction of sp³-hybridized carbons (Fsp3) is 0.316. The molecule has 0 bridgehead atoms. The average molecular weight is 391 g/mol. The predicted molar refractivity (Wildman–Crippen MR) is 105 cm³/mol. The molecule has 1 atom stereocenters. The Morgan fingerprint density at radius 3 is 2.44 bits per heavy atom. The number of hydrogen-bond acceptors (Lipinski definition) is 5. The Bertz CT molecular complexity index is 882. The lowest BCUT2D eigenvalue weighted by Gasteiger charge is -2.27. The summed E-state index contributed by atoms with van der Waals surface area (Å²) < 4.78 is 27.8. The topological polar surface area (TPSA) is 102 Å². The number of amides is 1. The van der Waals surface area contributed by atoms with Gasteiger partial charge in [0.25, 0.3) is 0 Å². The van der Waals surface area contributed by atoms with Gasteiger partial charge < -0.3 is 10.1 Å². The van der Waals surface area contributed by atoms with E-state index >= 15 is 0 Å². The van der Waals surface area contributed by atoms with Crippen LogP contribution in [0.4, 0.5) is 5.69 Å². The highest BCUT2D eigenvalue weighted by Crippen LogP contribution is 2.23. The molecule has 1 amide bonds. The lowest BCUT2D eigenvalue weighted by Crippen LogP contribution is -2.35. The van der Waals surface area contributed by atoms with E-state index in [1.165, 1.54) is 24.3 Å². The van der Waals surface area contributed by atoms with Crippen molar-refractivity contribution in [3.8, 4) is 5.75 Å². The lowest BCUT2D eigenvalue weighted by molar-refractivity contribution is -0.117. The first-order valence-corrected chi connectivity index (χ1v) is 10.1. The maximum absolute atomic E-state index is 12.4. The van der Waals surface area contributed by atoms with Gasteiger partial charge in [-0.15, -0.1) is 0 Å². The Kier molecular flexibility index (Phi) is 6.95. The third kappa shape index (κ3) is 5.78. The van der Waals surface area contributed by atoms with Gasteiger partial charge in [-0.25, -0.2) is 13.6 Å². The van der Waals surface area contributed by atoms with Gasteiger partial charge >= 0.3 is 0 Å². The molecule has 2 aromatic rings. The number of ether oxygens (including phenoxy) is 1. The SMILES string of the molecule is CCN(CC(=O)Nc1ccc(S(N)(=O)=O)cc1)C(C)c1cccc(OC)c1. The van der Waals surface area contributed by atoms with Crippen LogP contribution >= 0.6 is 0 Å². The zero-order chi connectivity index (χ0) is 20.0. The van der Waals surface area contributed by atoms with Gasteiger partial charge in [0.15, 0.2) is 0 Å². The lowest BCUT2D eigenvalue weighted by atomic mass is 10.1. The van der Waals surface area contributed by atoms with Crippen molar-refractivity contribution in [2.45, 2.75) is 24.8 Å². The summed E-state index contributed by atoms with van der Waals surface area (Å²) in [4.78, 5) is 14.4. The fourth-order valence-electron chi connectivity index (χ4n) is 2.75. The number of anilines is 1. The molecule has 0 fully saturated rings. The van der Waals surface area contributed by atoms with Gasteiger partial charge in [0.2, 0.25) is 15.9 Å². The first kappa shape index (κ1) is 20.9. The zero-order valence-electron chi connectivity index (χ0n) is 15.7. The van der Waals surface area contributed by atoms with Gasteiger partial charge in [-0.2, -0.15) is 0 Å². The van der Waals surface area contributed by atoms with Crippen molar-refractivity contribution in [3.05, 3.63) is 54.1 Å². The van der Waals surface area contributed by atoms with E-state index in [1.54, 1.807) is 7.11 Å². The second kappa shape index (κ2) is 8.98. The Balaban J connectivity index is 2.03. The van der Waals surface area contributed by atoms with E-state index in [1.807, 2.05) is 43.0 Å². The minimum atomic E-state index is -3.75. The van der Waals surface area contributed by atoms with E-state index in [4.69, 9.17) is 9.88 Å². The number of methoxy groups -OCH3 is 1. The molecule has 0 aromatic heterocycles. The Labute approximate surface area is 160 Å². The van der Waals surface area contributed by atoms with Crippen LogP contribution in [0.2, 0.25) is 0 Å². The summed E-state index contributed by atoms with van der Waals surface area (Å²) in [5, 5.41) is 7.84. The van der Waals surface area contributed by atoms with Crippen molar-refractivity contribution < 1.29 is 17.9 Å². The third-order valence-electron chi connectivity index (χ3n) is 4.34. The molecule has 0 aliphatic carbocycles. The minimum Gasteiger partial charge on any atom is -0.497 e. The molecule has 1 unspecified atom stereocenters. The van der Waals surface area contributed by atoms with Crippen LogP contribution in [0.3, 0.4) is 0 Å². The van der Waals surface area contributed by atoms with E-state index in [0.717, 1.165) is 11.3 Å². The number of nitrogens with zero attached hydrogens (tertiary/aromatic N) is 1. The molecule has 0 aliphatic rings. The van der Waals surface area contributed by atoms with Crippen LogP contribution in [0.5, 0.6) is 5.75 Å². The predicted octanol–water partition coefficient (Wildman–Crippen LogP) is 2.36. The minimum absolute atomic E-state index is 0.00216. The van der Waals surface area contributed by atoms with Crippen molar-refractivity contribution in [2.24, 2.45) is 5.14 Å². The number of primary sulfonamides is 1. The number of nitrogens with one attached hydrogen (secondary N) is 1. The quantitative estimate of drug-likeness (QED) is 0.719. The third-order valence-corrected chi connectivity index (χ3v) is 5.27. The van der Waals surface area contributed by atoms with Gasteiger partial charge in [0.1, 0.15) is 5.75 Å². The molecule has 2 rings (SSSR count). The first-order chi connectivity index (χ1) is 12.7. The number of sulfonamides is 1. The average Bonchev–Trinajstić information content (AvgIpc) is 2.65. The molecule has 0 spiro atoms. The summed E-state index contributed by atoms with van der Waals surface area (Å²) >= 11 is 0. The van der Waals surface area contributed by atoms with Crippen molar-refractivity contribution in [3.63, 3.8) is 0 Å². The second-order valence-corrected chi connectivity index (χ2v) is 7.69. The highest BCUT2D eigenvalue weighted by molar-refractivity contribution is 7.89. The van der Waals surface area contributed by atoms with Crippen LogP contribution in [0.25, 0.3) is 0 Å². The summed E-state index contributed by atoms with van der Waals surface area (Å²) in [5.74, 6) is 0.588. The molecule has 0 radical (unpaired) electrons. The maximum Gasteiger partial charge on any atom is 0.238 e. The van der Waals surface area contributed by atoms with Crippen LogP contribution in [0.15, 0.2) is 53.4 Å². The number of benzene rings is 2. The summed E-state index contributed by atoms with van der Waals surface area (Å²) in [5.41, 5.74) is 1.57. The summed E-state index contributed by atoms with van der Waals surface area (Å²) in [6.45, 7) is 4.92. The number of likely N-dealkylation sites (N-methyl/N-ethyl adjacent to an activating group) is 1. The van der Waals surface area contributed by atoms with Gasteiger partial charge in [-0.3, -0.25) is 9.69 Å². The van der Waals surface area contributed by atoms with E-state index in [-0.39, 0.29) is 23.4 Å². The van der Waals surface area contributed by atoms with Crippen LogP contribution < -0.4 is 15.2 Å². The van der Waals surface area contributed by atoms with Crippen LogP contribution in [0.1, 0.15) is 25.5 Å². The number of nitrogens with two attached hydrogens (primary N) is 1. The number of carbonyl (C=O) groups is 1.